The van der Waals surface area contributed by atoms with E-state index in [-0.39, 0.29) is 0 Å². The number of hydrogen-bond acceptors (Lipinski definition) is 13. The zero-order valence-electron chi connectivity index (χ0n) is 19.8. The number of nitrogens with one attached hydrogen (secondary N) is 1. The van der Waals surface area contributed by atoms with Crippen LogP contribution in [-0.4, -0.2) is 85.7 Å². The number of carbonyl (C=O) groups excluding carboxylic acids is 6. The van der Waals surface area contributed by atoms with E-state index in [1.165, 1.54) is 0 Å². The van der Waals surface area contributed by atoms with Crippen molar-refractivity contribution in [1.82, 2.24) is 5.32 Å². The minimum Gasteiger partial charge on any atom is -0.466 e. The highest BCUT2D eigenvalue weighted by atomic mass is 16.6. The Bertz CT molecular complexity index is 815. The molecular weight excluding hydrogens is 460 g/mol. The zero-order valence-corrected chi connectivity index (χ0v) is 19.8. The van der Waals surface area contributed by atoms with E-state index in [4.69, 9.17) is 34.2 Å². The molecule has 0 spiro atoms. The molecule has 1 aliphatic rings. The number of rotatable bonds is 9. The predicted molar refractivity (Wildman–Crippen MR) is 109 cm³/mol. The van der Waals surface area contributed by atoms with E-state index in [9.17, 15) is 28.8 Å². The van der Waals surface area contributed by atoms with Gasteiger partial charge in [-0.2, -0.15) is 0 Å². The molecule has 34 heavy (non-hydrogen) atoms. The summed E-state index contributed by atoms with van der Waals surface area (Å²) < 4.78 is 31.2. The maximum Gasteiger partial charge on any atom is 0.353 e. The van der Waals surface area contributed by atoms with Crippen LogP contribution in [0.4, 0.5) is 0 Å². The molecule has 1 saturated heterocycles. The van der Waals surface area contributed by atoms with Crippen molar-refractivity contribution in [2.45, 2.75) is 77.2 Å². The Morgan fingerprint density at radius 1 is 0.971 bits per heavy atom. The van der Waals surface area contributed by atoms with E-state index in [1.807, 2.05) is 0 Å². The summed E-state index contributed by atoms with van der Waals surface area (Å²) in [5.41, 5.74) is 3.91. The predicted octanol–water partition coefficient (Wildman–Crippen LogP) is -1.53. The van der Waals surface area contributed by atoms with Crippen molar-refractivity contribution in [1.29, 1.82) is 0 Å². The van der Waals surface area contributed by atoms with Crippen LogP contribution in [0.5, 0.6) is 0 Å². The van der Waals surface area contributed by atoms with Gasteiger partial charge in [0.15, 0.2) is 12.2 Å². The van der Waals surface area contributed by atoms with Gasteiger partial charge in [0.05, 0.1) is 13.2 Å². The molecule has 0 aromatic heterocycles. The molecular formula is C20H30N2O12. The molecule has 14 nitrogen and oxygen atoms in total. The van der Waals surface area contributed by atoms with Crippen LogP contribution in [0, 0.1) is 0 Å². The van der Waals surface area contributed by atoms with E-state index in [0.29, 0.717) is 0 Å². The molecule has 3 N–H and O–H groups in total. The summed E-state index contributed by atoms with van der Waals surface area (Å²) in [6, 6.07) is -1.23. The highest BCUT2D eigenvalue weighted by Gasteiger charge is 2.56. The van der Waals surface area contributed by atoms with Crippen LogP contribution < -0.4 is 11.1 Å². The normalized spacial score (nSPS) is 25.7. The van der Waals surface area contributed by atoms with Gasteiger partial charge in [0.2, 0.25) is 11.6 Å². The first-order valence-electron chi connectivity index (χ1n) is 10.2. The van der Waals surface area contributed by atoms with E-state index >= 15 is 0 Å². The molecule has 0 aromatic rings. The number of amides is 1. The molecule has 6 atom stereocenters. The van der Waals surface area contributed by atoms with Gasteiger partial charge < -0.3 is 33.7 Å². The van der Waals surface area contributed by atoms with Crippen molar-refractivity contribution in [3.05, 3.63) is 0 Å². The maximum absolute atomic E-state index is 12.4. The van der Waals surface area contributed by atoms with Gasteiger partial charge in [-0.05, 0) is 0 Å². The van der Waals surface area contributed by atoms with Crippen molar-refractivity contribution < 1.29 is 57.2 Å². The SMILES string of the molecule is COC(=O)[C@@]1(N)C[C@@H](OC(C)=O)[C@@H](NC(C)=O)C(C(OC(C)=O)C(COC(C)=O)OC(C)=O)O1. The van der Waals surface area contributed by atoms with Crippen LogP contribution in [0.2, 0.25) is 0 Å². The van der Waals surface area contributed by atoms with Crippen LogP contribution in [0.15, 0.2) is 0 Å². The van der Waals surface area contributed by atoms with Crippen LogP contribution in [0.25, 0.3) is 0 Å². The number of esters is 5. The first-order valence-corrected chi connectivity index (χ1v) is 10.2. The molecule has 3 unspecified atom stereocenters. The molecule has 1 aliphatic heterocycles. The molecule has 0 saturated carbocycles. The Labute approximate surface area is 195 Å². The first kappa shape index (κ1) is 28.8. The minimum atomic E-state index is -2.21. The van der Waals surface area contributed by atoms with Crippen molar-refractivity contribution in [3.8, 4) is 0 Å². The smallest absolute Gasteiger partial charge is 0.353 e. The number of ether oxygens (including phenoxy) is 6. The first-order chi connectivity index (χ1) is 15.7. The molecule has 0 aromatic carbocycles. The van der Waals surface area contributed by atoms with Gasteiger partial charge in [0.1, 0.15) is 18.8 Å². The summed E-state index contributed by atoms with van der Waals surface area (Å²) in [6.45, 7) is 4.88. The fourth-order valence-corrected chi connectivity index (χ4v) is 3.47. The van der Waals surface area contributed by atoms with Gasteiger partial charge >= 0.3 is 29.8 Å². The summed E-state index contributed by atoms with van der Waals surface area (Å²) in [7, 11) is 1.04. The number of carbonyl (C=O) groups is 6. The third-order valence-corrected chi connectivity index (χ3v) is 4.58. The Hall–Kier alpha value is -3.26. The largest absolute Gasteiger partial charge is 0.466 e. The van der Waals surface area contributed by atoms with Crippen LogP contribution in [0.1, 0.15) is 41.0 Å². The molecule has 1 heterocycles. The van der Waals surface area contributed by atoms with Crippen molar-refractivity contribution in [2.24, 2.45) is 5.73 Å². The lowest BCUT2D eigenvalue weighted by Crippen LogP contribution is -2.71. The van der Waals surface area contributed by atoms with Crippen molar-refractivity contribution >= 4 is 35.8 Å². The lowest BCUT2D eigenvalue weighted by Gasteiger charge is -2.47. The second kappa shape index (κ2) is 12.3. The summed E-state index contributed by atoms with van der Waals surface area (Å²) in [4.78, 5) is 71.2. The Kier molecular flexibility index (Phi) is 10.4. The summed E-state index contributed by atoms with van der Waals surface area (Å²) >= 11 is 0. The van der Waals surface area contributed by atoms with Gasteiger partial charge in [0.25, 0.3) is 0 Å². The highest BCUT2D eigenvalue weighted by molar-refractivity contribution is 5.79. The monoisotopic (exact) mass is 490 g/mol. The second-order valence-corrected chi connectivity index (χ2v) is 7.57. The average Bonchev–Trinajstić information content (AvgIpc) is 2.69. The Balaban J connectivity index is 3.64. The number of nitrogens with two attached hydrogens (primary N) is 1. The van der Waals surface area contributed by atoms with Gasteiger partial charge in [-0.25, -0.2) is 4.79 Å². The lowest BCUT2D eigenvalue weighted by atomic mass is 9.87. The third kappa shape index (κ3) is 8.26. The van der Waals surface area contributed by atoms with Gasteiger partial charge in [-0.15, -0.1) is 0 Å². The van der Waals surface area contributed by atoms with E-state index in [1.54, 1.807) is 0 Å². The molecule has 0 bridgehead atoms. The standard InChI is InChI=1S/C20H30N2O12/c1-9(23)22-16-14(31-11(3)25)7-20(21,19(28)29-6)34-18(16)17(33-13(5)27)15(32-12(4)26)8-30-10(2)24/h14-18H,7-8,21H2,1-6H3,(H,22,23)/t14-,15?,16-,17?,18?,20-/m1/s1. The highest BCUT2D eigenvalue weighted by Crippen LogP contribution is 2.33. The third-order valence-electron chi connectivity index (χ3n) is 4.58. The molecule has 1 fully saturated rings. The fraction of sp³-hybridized carbons (Fsp3) is 0.700. The average molecular weight is 490 g/mol. The zero-order chi connectivity index (χ0) is 26.2. The molecule has 14 heteroatoms. The number of hydrogen-bond donors (Lipinski definition) is 2. The molecule has 1 rings (SSSR count). The van der Waals surface area contributed by atoms with Gasteiger partial charge in [-0.1, -0.05) is 0 Å². The minimum absolute atomic E-state index is 0.435. The Morgan fingerprint density at radius 2 is 1.56 bits per heavy atom. The second-order valence-electron chi connectivity index (χ2n) is 7.57. The van der Waals surface area contributed by atoms with E-state index in [2.05, 4.69) is 5.32 Å². The molecule has 1 amide bonds. The number of methoxy groups -OCH3 is 1. The van der Waals surface area contributed by atoms with Crippen molar-refractivity contribution in [3.63, 3.8) is 0 Å². The topological polar surface area (TPSA) is 196 Å². The van der Waals surface area contributed by atoms with Gasteiger partial charge in [0, 0.05) is 41.0 Å². The summed E-state index contributed by atoms with van der Waals surface area (Å²) in [5.74, 6) is -4.85. The Morgan fingerprint density at radius 3 is 2.00 bits per heavy atom. The fourth-order valence-electron chi connectivity index (χ4n) is 3.47. The van der Waals surface area contributed by atoms with Crippen LogP contribution in [-0.2, 0) is 57.2 Å². The summed E-state index contributed by atoms with van der Waals surface area (Å²) in [6.07, 6.45) is -6.26. The van der Waals surface area contributed by atoms with Crippen molar-refractivity contribution in [2.75, 3.05) is 13.7 Å². The molecule has 192 valence electrons. The summed E-state index contributed by atoms with van der Waals surface area (Å²) in [5, 5.41) is 2.52. The maximum atomic E-state index is 12.4. The quantitative estimate of drug-likeness (QED) is 0.279. The molecule has 0 aliphatic carbocycles. The molecule has 0 radical (unpaired) electrons. The lowest BCUT2D eigenvalue weighted by molar-refractivity contribution is -0.241. The van der Waals surface area contributed by atoms with E-state index in [0.717, 1.165) is 41.7 Å². The van der Waals surface area contributed by atoms with Crippen LogP contribution in [0.3, 0.4) is 0 Å². The van der Waals surface area contributed by atoms with Gasteiger partial charge in [-0.3, -0.25) is 29.7 Å². The van der Waals surface area contributed by atoms with Crippen LogP contribution >= 0.6 is 0 Å². The van der Waals surface area contributed by atoms with E-state index < -0.39 is 85.0 Å².